The highest BCUT2D eigenvalue weighted by molar-refractivity contribution is 7.07. The lowest BCUT2D eigenvalue weighted by Gasteiger charge is -2.15. The van der Waals surface area contributed by atoms with Crippen LogP contribution >= 0.6 is 11.3 Å². The van der Waals surface area contributed by atoms with Gasteiger partial charge in [0.2, 0.25) is 0 Å². The fourth-order valence-electron chi connectivity index (χ4n) is 1.92. The molecule has 14 heavy (non-hydrogen) atoms. The van der Waals surface area contributed by atoms with Gasteiger partial charge >= 0.3 is 0 Å². The van der Waals surface area contributed by atoms with Gasteiger partial charge in [-0.3, -0.25) is 0 Å². The van der Waals surface area contributed by atoms with E-state index in [1.807, 2.05) is 0 Å². The van der Waals surface area contributed by atoms with Crippen molar-refractivity contribution < 1.29 is 4.74 Å². The minimum absolute atomic E-state index is 0.275. The molecule has 1 aromatic heterocycles. The molecule has 1 aliphatic carbocycles. The van der Waals surface area contributed by atoms with Crippen LogP contribution in [0.15, 0.2) is 16.8 Å². The Morgan fingerprint density at radius 3 is 3.07 bits per heavy atom. The van der Waals surface area contributed by atoms with E-state index in [1.54, 1.807) is 11.3 Å². The first-order valence-corrected chi connectivity index (χ1v) is 6.19. The van der Waals surface area contributed by atoms with Crippen LogP contribution in [0.25, 0.3) is 0 Å². The SMILES string of the molecule is NC1CCCC1OCCc1ccsc1. The van der Waals surface area contributed by atoms with Crippen molar-refractivity contribution in [1.29, 1.82) is 0 Å². The molecule has 0 aromatic carbocycles. The molecular weight excluding hydrogens is 194 g/mol. The summed E-state index contributed by atoms with van der Waals surface area (Å²) in [6.07, 6.45) is 4.83. The van der Waals surface area contributed by atoms with Crippen molar-refractivity contribution in [3.8, 4) is 0 Å². The highest BCUT2D eigenvalue weighted by atomic mass is 32.1. The van der Waals surface area contributed by atoms with E-state index in [4.69, 9.17) is 10.5 Å². The van der Waals surface area contributed by atoms with Crippen LogP contribution < -0.4 is 5.73 Å². The number of ether oxygens (including phenoxy) is 1. The van der Waals surface area contributed by atoms with Crippen molar-refractivity contribution >= 4 is 11.3 Å². The second-order valence-electron chi connectivity index (χ2n) is 3.89. The Bertz CT molecular complexity index is 260. The Morgan fingerprint density at radius 1 is 1.50 bits per heavy atom. The van der Waals surface area contributed by atoms with Crippen LogP contribution in [0.4, 0.5) is 0 Å². The van der Waals surface area contributed by atoms with E-state index in [1.165, 1.54) is 12.0 Å². The monoisotopic (exact) mass is 211 g/mol. The van der Waals surface area contributed by atoms with Gasteiger partial charge in [-0.15, -0.1) is 0 Å². The number of hydrogen-bond acceptors (Lipinski definition) is 3. The number of rotatable bonds is 4. The van der Waals surface area contributed by atoms with Gasteiger partial charge in [-0.2, -0.15) is 11.3 Å². The van der Waals surface area contributed by atoms with Crippen molar-refractivity contribution in [2.75, 3.05) is 6.61 Å². The molecule has 3 heteroatoms. The molecule has 1 aliphatic rings. The Labute approximate surface area is 89.1 Å². The first kappa shape index (κ1) is 10.1. The molecule has 2 nitrogen and oxygen atoms in total. The average molecular weight is 211 g/mol. The second-order valence-corrected chi connectivity index (χ2v) is 4.67. The molecule has 0 saturated heterocycles. The standard InChI is InChI=1S/C11H17NOS/c12-10-2-1-3-11(10)13-6-4-9-5-7-14-8-9/h5,7-8,10-11H,1-4,6,12H2. The molecule has 0 spiro atoms. The van der Waals surface area contributed by atoms with Gasteiger partial charge in [-0.25, -0.2) is 0 Å². The van der Waals surface area contributed by atoms with Gasteiger partial charge in [0.1, 0.15) is 0 Å². The van der Waals surface area contributed by atoms with Crippen LogP contribution in [-0.2, 0) is 11.2 Å². The van der Waals surface area contributed by atoms with Gasteiger partial charge in [0, 0.05) is 6.04 Å². The Morgan fingerprint density at radius 2 is 2.43 bits per heavy atom. The van der Waals surface area contributed by atoms with E-state index in [9.17, 15) is 0 Å². The average Bonchev–Trinajstić information content (AvgIpc) is 2.78. The molecule has 2 N–H and O–H groups in total. The van der Waals surface area contributed by atoms with Gasteiger partial charge in [-0.1, -0.05) is 0 Å². The Kier molecular flexibility index (Phi) is 3.56. The van der Waals surface area contributed by atoms with E-state index in [0.717, 1.165) is 25.9 Å². The van der Waals surface area contributed by atoms with E-state index in [-0.39, 0.29) is 6.04 Å². The largest absolute Gasteiger partial charge is 0.376 e. The summed E-state index contributed by atoms with van der Waals surface area (Å²) in [7, 11) is 0. The van der Waals surface area contributed by atoms with Gasteiger partial charge < -0.3 is 10.5 Å². The van der Waals surface area contributed by atoms with E-state index < -0.39 is 0 Å². The van der Waals surface area contributed by atoms with Crippen LogP contribution in [-0.4, -0.2) is 18.8 Å². The smallest absolute Gasteiger partial charge is 0.0726 e. The van der Waals surface area contributed by atoms with Crippen molar-refractivity contribution in [1.82, 2.24) is 0 Å². The summed E-state index contributed by atoms with van der Waals surface area (Å²) in [6, 6.07) is 2.43. The third-order valence-corrected chi connectivity index (χ3v) is 3.54. The summed E-state index contributed by atoms with van der Waals surface area (Å²) < 4.78 is 5.77. The molecule has 1 saturated carbocycles. The summed E-state index contributed by atoms with van der Waals surface area (Å²) in [5, 5.41) is 4.29. The van der Waals surface area contributed by atoms with E-state index in [2.05, 4.69) is 16.8 Å². The lowest BCUT2D eigenvalue weighted by Crippen LogP contribution is -2.31. The first-order valence-electron chi connectivity index (χ1n) is 5.24. The maximum Gasteiger partial charge on any atom is 0.0726 e. The predicted molar refractivity (Wildman–Crippen MR) is 59.6 cm³/mol. The number of nitrogens with two attached hydrogens (primary N) is 1. The molecule has 1 heterocycles. The normalized spacial score (nSPS) is 26.9. The Hall–Kier alpha value is -0.380. The lowest BCUT2D eigenvalue weighted by atomic mass is 10.2. The topological polar surface area (TPSA) is 35.2 Å². The zero-order chi connectivity index (χ0) is 9.80. The van der Waals surface area contributed by atoms with Crippen molar-refractivity contribution in [3.05, 3.63) is 22.4 Å². The number of hydrogen-bond donors (Lipinski definition) is 1. The van der Waals surface area contributed by atoms with Gasteiger partial charge in [0.05, 0.1) is 12.7 Å². The predicted octanol–water partition coefficient (Wildman–Crippen LogP) is 2.19. The van der Waals surface area contributed by atoms with Crippen molar-refractivity contribution in [2.24, 2.45) is 5.73 Å². The molecule has 0 radical (unpaired) electrons. The van der Waals surface area contributed by atoms with Gasteiger partial charge in [0.25, 0.3) is 0 Å². The number of thiophene rings is 1. The summed E-state index contributed by atoms with van der Waals surface area (Å²) in [6.45, 7) is 0.815. The van der Waals surface area contributed by atoms with Crippen LogP contribution in [0.2, 0.25) is 0 Å². The van der Waals surface area contributed by atoms with Crippen LogP contribution in [0.1, 0.15) is 24.8 Å². The van der Waals surface area contributed by atoms with E-state index >= 15 is 0 Å². The first-order chi connectivity index (χ1) is 6.86. The molecule has 2 unspecified atom stereocenters. The van der Waals surface area contributed by atoms with Gasteiger partial charge in [-0.05, 0) is 48.1 Å². The van der Waals surface area contributed by atoms with Crippen molar-refractivity contribution in [3.63, 3.8) is 0 Å². The second kappa shape index (κ2) is 4.91. The summed E-state index contributed by atoms with van der Waals surface area (Å²) in [5.41, 5.74) is 7.29. The minimum atomic E-state index is 0.275. The van der Waals surface area contributed by atoms with Crippen LogP contribution in [0.5, 0.6) is 0 Å². The fraction of sp³-hybridized carbons (Fsp3) is 0.636. The lowest BCUT2D eigenvalue weighted by molar-refractivity contribution is 0.0502. The molecule has 1 fully saturated rings. The molecule has 2 atom stereocenters. The highest BCUT2D eigenvalue weighted by Crippen LogP contribution is 2.20. The summed E-state index contributed by atoms with van der Waals surface area (Å²) in [4.78, 5) is 0. The van der Waals surface area contributed by atoms with E-state index in [0.29, 0.717) is 6.10 Å². The summed E-state index contributed by atoms with van der Waals surface area (Å²) in [5.74, 6) is 0. The molecule has 0 aliphatic heterocycles. The molecule has 2 rings (SSSR count). The maximum atomic E-state index is 5.92. The minimum Gasteiger partial charge on any atom is -0.376 e. The van der Waals surface area contributed by atoms with Crippen molar-refractivity contribution in [2.45, 2.75) is 37.8 Å². The zero-order valence-corrected chi connectivity index (χ0v) is 9.13. The molecule has 0 amide bonds. The maximum absolute atomic E-state index is 5.92. The molecule has 1 aromatic rings. The quantitative estimate of drug-likeness (QED) is 0.828. The summed E-state index contributed by atoms with van der Waals surface area (Å²) >= 11 is 1.74. The fourth-order valence-corrected chi connectivity index (χ4v) is 2.63. The van der Waals surface area contributed by atoms with Crippen LogP contribution in [0, 0.1) is 0 Å². The van der Waals surface area contributed by atoms with Gasteiger partial charge in [0.15, 0.2) is 0 Å². The molecule has 78 valence electrons. The molecular formula is C11H17NOS. The highest BCUT2D eigenvalue weighted by Gasteiger charge is 2.23. The van der Waals surface area contributed by atoms with Crippen LogP contribution in [0.3, 0.4) is 0 Å². The zero-order valence-electron chi connectivity index (χ0n) is 8.32. The molecule has 0 bridgehead atoms. The third-order valence-electron chi connectivity index (χ3n) is 2.81. The third kappa shape index (κ3) is 2.56. The Balaban J connectivity index is 1.68.